The number of amides is 1. The Kier molecular flexibility index (Phi) is 3.69. The maximum Gasteiger partial charge on any atom is 0.251 e. The summed E-state index contributed by atoms with van der Waals surface area (Å²) in [5, 5.41) is 9.25. The second kappa shape index (κ2) is 5.63. The zero-order valence-corrected chi connectivity index (χ0v) is 12.2. The number of hydrogen-bond acceptors (Lipinski definition) is 4. The van der Waals surface area contributed by atoms with Gasteiger partial charge >= 0.3 is 0 Å². The molecule has 104 valence electrons. The van der Waals surface area contributed by atoms with Crippen LogP contribution in [0.1, 0.15) is 40.3 Å². The molecule has 2 N–H and O–H groups in total. The van der Waals surface area contributed by atoms with Crippen molar-refractivity contribution in [3.63, 3.8) is 0 Å². The van der Waals surface area contributed by atoms with Crippen molar-refractivity contribution >= 4 is 22.9 Å². The highest BCUT2D eigenvalue weighted by molar-refractivity contribution is 7.09. The number of thiazole rings is 1. The highest BCUT2D eigenvalue weighted by atomic mass is 32.1. The van der Waals surface area contributed by atoms with Gasteiger partial charge in [0.2, 0.25) is 0 Å². The maximum absolute atomic E-state index is 12.3. The van der Waals surface area contributed by atoms with E-state index in [1.54, 1.807) is 17.5 Å². The van der Waals surface area contributed by atoms with Crippen molar-refractivity contribution in [2.24, 2.45) is 0 Å². The normalized spacial score (nSPS) is 14.4. The first-order chi connectivity index (χ1) is 9.78. The summed E-state index contributed by atoms with van der Waals surface area (Å²) in [6, 6.07) is 5.86. The molecule has 1 aliphatic heterocycles. The number of nitrogens with zero attached hydrogens (tertiary/aromatic N) is 1. The third-order valence-electron chi connectivity index (χ3n) is 3.54. The number of anilines is 1. The summed E-state index contributed by atoms with van der Waals surface area (Å²) in [5.41, 5.74) is 3.07. The maximum atomic E-state index is 12.3. The Balaban J connectivity index is 1.75. The molecule has 0 fully saturated rings. The number of carbonyl (C=O) groups excluding carboxylic acids is 1. The van der Waals surface area contributed by atoms with Crippen molar-refractivity contribution < 1.29 is 4.79 Å². The van der Waals surface area contributed by atoms with E-state index in [9.17, 15) is 4.79 Å². The molecule has 2 heterocycles. The lowest BCUT2D eigenvalue weighted by Crippen LogP contribution is -2.28. The van der Waals surface area contributed by atoms with E-state index >= 15 is 0 Å². The van der Waals surface area contributed by atoms with Crippen LogP contribution in [0.15, 0.2) is 29.8 Å². The molecule has 1 aliphatic rings. The van der Waals surface area contributed by atoms with Gasteiger partial charge in [-0.1, -0.05) is 13.0 Å². The van der Waals surface area contributed by atoms with Crippen molar-refractivity contribution in [1.82, 2.24) is 10.3 Å². The molecule has 20 heavy (non-hydrogen) atoms. The second-order valence-electron chi connectivity index (χ2n) is 4.85. The molecule has 0 saturated carbocycles. The van der Waals surface area contributed by atoms with E-state index in [1.807, 2.05) is 23.6 Å². The van der Waals surface area contributed by atoms with Gasteiger partial charge < -0.3 is 10.6 Å². The molecule has 0 spiro atoms. The van der Waals surface area contributed by atoms with Gasteiger partial charge in [-0.05, 0) is 30.5 Å². The standard InChI is InChI=1S/C15H17N3OS/c1-2-12(15-17-7-8-20-15)18-14(19)11-4-3-10-5-6-16-13(10)9-11/h3-4,7-9,12,16H,2,5-6H2,1H3,(H,18,19). The van der Waals surface area contributed by atoms with E-state index in [1.165, 1.54) is 5.56 Å². The molecule has 1 aromatic heterocycles. The topological polar surface area (TPSA) is 54.0 Å². The highest BCUT2D eigenvalue weighted by Gasteiger charge is 2.18. The average molecular weight is 287 g/mol. The first-order valence-electron chi connectivity index (χ1n) is 6.85. The molecule has 1 unspecified atom stereocenters. The number of hydrogen-bond donors (Lipinski definition) is 2. The van der Waals surface area contributed by atoms with Crippen LogP contribution in [0.3, 0.4) is 0 Å². The fourth-order valence-corrected chi connectivity index (χ4v) is 3.19. The lowest BCUT2D eigenvalue weighted by molar-refractivity contribution is 0.0935. The third kappa shape index (κ3) is 2.54. The van der Waals surface area contributed by atoms with Crippen molar-refractivity contribution in [2.45, 2.75) is 25.8 Å². The predicted molar refractivity (Wildman–Crippen MR) is 81.2 cm³/mol. The van der Waals surface area contributed by atoms with Crippen molar-refractivity contribution in [3.8, 4) is 0 Å². The van der Waals surface area contributed by atoms with Crippen LogP contribution in [0.4, 0.5) is 5.69 Å². The van der Waals surface area contributed by atoms with E-state index < -0.39 is 0 Å². The summed E-state index contributed by atoms with van der Waals surface area (Å²) >= 11 is 1.57. The summed E-state index contributed by atoms with van der Waals surface area (Å²) in [6.07, 6.45) is 3.64. The number of benzene rings is 1. The smallest absolute Gasteiger partial charge is 0.251 e. The molecular weight excluding hydrogens is 270 g/mol. The van der Waals surface area contributed by atoms with Crippen LogP contribution in [-0.2, 0) is 6.42 Å². The Hall–Kier alpha value is -1.88. The molecule has 3 rings (SSSR count). The van der Waals surface area contributed by atoms with Gasteiger partial charge in [-0.15, -0.1) is 11.3 Å². The van der Waals surface area contributed by atoms with Crippen molar-refractivity contribution in [3.05, 3.63) is 45.9 Å². The monoisotopic (exact) mass is 287 g/mol. The number of aromatic nitrogens is 1. The van der Waals surface area contributed by atoms with Crippen LogP contribution in [0.25, 0.3) is 0 Å². The molecule has 1 amide bonds. The lowest BCUT2D eigenvalue weighted by Gasteiger charge is -2.15. The summed E-state index contributed by atoms with van der Waals surface area (Å²) in [7, 11) is 0. The van der Waals surface area contributed by atoms with Crippen LogP contribution < -0.4 is 10.6 Å². The molecule has 0 bridgehead atoms. The summed E-state index contributed by atoms with van der Waals surface area (Å²) in [6.45, 7) is 3.01. The molecule has 1 aromatic carbocycles. The van der Waals surface area contributed by atoms with Gasteiger partial charge in [-0.25, -0.2) is 4.98 Å². The van der Waals surface area contributed by atoms with Crippen LogP contribution in [0.5, 0.6) is 0 Å². The lowest BCUT2D eigenvalue weighted by atomic mass is 10.1. The number of carbonyl (C=O) groups is 1. The van der Waals surface area contributed by atoms with Gasteiger partial charge in [-0.3, -0.25) is 4.79 Å². The van der Waals surface area contributed by atoms with Crippen LogP contribution in [-0.4, -0.2) is 17.4 Å². The minimum Gasteiger partial charge on any atom is -0.384 e. The first kappa shape index (κ1) is 13.1. The fraction of sp³-hybridized carbons (Fsp3) is 0.333. The van der Waals surface area contributed by atoms with Gasteiger partial charge in [0.1, 0.15) is 5.01 Å². The second-order valence-corrected chi connectivity index (χ2v) is 5.78. The van der Waals surface area contributed by atoms with E-state index in [2.05, 4.69) is 22.5 Å². The first-order valence-corrected chi connectivity index (χ1v) is 7.73. The SMILES string of the molecule is CCC(NC(=O)c1ccc2c(c1)NCC2)c1nccs1. The van der Waals surface area contributed by atoms with E-state index in [-0.39, 0.29) is 11.9 Å². The van der Waals surface area contributed by atoms with E-state index in [4.69, 9.17) is 0 Å². The quantitative estimate of drug-likeness (QED) is 0.909. The minimum atomic E-state index is -0.0384. The molecule has 4 nitrogen and oxygen atoms in total. The van der Waals surface area contributed by atoms with Gasteiger partial charge in [-0.2, -0.15) is 0 Å². The Morgan fingerprint density at radius 1 is 1.55 bits per heavy atom. The molecule has 0 radical (unpaired) electrons. The van der Waals surface area contributed by atoms with Gasteiger partial charge in [0.05, 0.1) is 6.04 Å². The molecule has 1 atom stereocenters. The predicted octanol–water partition coefficient (Wildman–Crippen LogP) is 2.99. The number of rotatable bonds is 4. The van der Waals surface area contributed by atoms with Crippen LogP contribution in [0, 0.1) is 0 Å². The Morgan fingerprint density at radius 2 is 2.45 bits per heavy atom. The largest absolute Gasteiger partial charge is 0.384 e. The van der Waals surface area contributed by atoms with Crippen LogP contribution >= 0.6 is 11.3 Å². The fourth-order valence-electron chi connectivity index (χ4n) is 2.42. The average Bonchev–Trinajstić information content (AvgIpc) is 3.14. The number of nitrogens with one attached hydrogen (secondary N) is 2. The Bertz CT molecular complexity index is 610. The van der Waals surface area contributed by atoms with E-state index in [0.29, 0.717) is 5.56 Å². The highest BCUT2D eigenvalue weighted by Crippen LogP contribution is 2.24. The summed E-state index contributed by atoms with van der Waals surface area (Å²) in [5.74, 6) is -0.0384. The molecule has 0 aliphatic carbocycles. The Labute approximate surface area is 122 Å². The summed E-state index contributed by atoms with van der Waals surface area (Å²) in [4.78, 5) is 16.6. The third-order valence-corrected chi connectivity index (χ3v) is 4.43. The summed E-state index contributed by atoms with van der Waals surface area (Å²) < 4.78 is 0. The molecule has 2 aromatic rings. The van der Waals surface area contributed by atoms with E-state index in [0.717, 1.165) is 30.1 Å². The van der Waals surface area contributed by atoms with Gasteiger partial charge in [0.25, 0.3) is 5.91 Å². The number of fused-ring (bicyclic) bond motifs is 1. The van der Waals surface area contributed by atoms with Gasteiger partial charge in [0.15, 0.2) is 0 Å². The zero-order chi connectivity index (χ0) is 13.9. The zero-order valence-electron chi connectivity index (χ0n) is 11.3. The molecular formula is C15H17N3OS. The minimum absolute atomic E-state index is 0.0105. The van der Waals surface area contributed by atoms with Crippen molar-refractivity contribution in [1.29, 1.82) is 0 Å². The molecule has 5 heteroatoms. The van der Waals surface area contributed by atoms with Gasteiger partial charge in [0, 0.05) is 29.4 Å². The van der Waals surface area contributed by atoms with Crippen molar-refractivity contribution in [2.75, 3.05) is 11.9 Å². The van der Waals surface area contributed by atoms with Crippen LogP contribution in [0.2, 0.25) is 0 Å². The molecule has 0 saturated heterocycles. The Morgan fingerprint density at radius 3 is 3.20 bits per heavy atom.